The van der Waals surface area contributed by atoms with Gasteiger partial charge in [-0.25, -0.2) is 0 Å². The molecule has 0 heterocycles. The Labute approximate surface area is 88.0 Å². The molecule has 0 aliphatic rings. The molecule has 14 heavy (non-hydrogen) atoms. The smallest absolute Gasteiger partial charge is 0.222 e. The number of primary amides is 1. The minimum absolute atomic E-state index is 0.251. The number of hydrogen-bond donors (Lipinski definition) is 2. The molecule has 4 N–H and O–H groups in total. The van der Waals surface area contributed by atoms with E-state index in [0.29, 0.717) is 11.4 Å². The van der Waals surface area contributed by atoms with Gasteiger partial charge in [-0.2, -0.15) is 0 Å². The largest absolute Gasteiger partial charge is 0.369 e. The van der Waals surface area contributed by atoms with Crippen LogP contribution >= 0.6 is 11.6 Å². The van der Waals surface area contributed by atoms with Gasteiger partial charge in [-0.05, 0) is 18.1 Å². The van der Waals surface area contributed by atoms with Crippen LogP contribution in [0.2, 0.25) is 5.02 Å². The highest BCUT2D eigenvalue weighted by molar-refractivity contribution is 6.31. The molecule has 0 saturated carbocycles. The topological polar surface area (TPSA) is 69.1 Å². The van der Waals surface area contributed by atoms with Crippen molar-refractivity contribution in [1.29, 1.82) is 0 Å². The van der Waals surface area contributed by atoms with Crippen LogP contribution in [0.5, 0.6) is 0 Å². The molecular formula is C10H13ClN2O. The van der Waals surface area contributed by atoms with Gasteiger partial charge in [0.15, 0.2) is 0 Å². The number of rotatable bonds is 4. The van der Waals surface area contributed by atoms with E-state index in [1.807, 2.05) is 18.2 Å². The molecule has 0 radical (unpaired) electrons. The molecule has 1 atom stereocenters. The molecule has 0 aliphatic carbocycles. The SMILES string of the molecule is NC[C@H](Cc1ccccc1Cl)C(N)=O. The molecule has 0 bridgehead atoms. The summed E-state index contributed by atoms with van der Waals surface area (Å²) in [7, 11) is 0. The molecule has 0 aliphatic heterocycles. The van der Waals surface area contributed by atoms with Crippen molar-refractivity contribution < 1.29 is 4.79 Å². The summed E-state index contributed by atoms with van der Waals surface area (Å²) in [6, 6.07) is 7.36. The zero-order chi connectivity index (χ0) is 10.6. The predicted octanol–water partition coefficient (Wildman–Crippen LogP) is 0.943. The molecule has 4 heteroatoms. The number of benzene rings is 1. The van der Waals surface area contributed by atoms with E-state index in [4.69, 9.17) is 23.1 Å². The zero-order valence-corrected chi connectivity index (χ0v) is 8.50. The van der Waals surface area contributed by atoms with Gasteiger partial charge < -0.3 is 11.5 Å². The summed E-state index contributed by atoms with van der Waals surface area (Å²) in [6.45, 7) is 0.251. The Morgan fingerprint density at radius 3 is 2.57 bits per heavy atom. The highest BCUT2D eigenvalue weighted by Crippen LogP contribution is 2.18. The maximum atomic E-state index is 10.9. The van der Waals surface area contributed by atoms with Gasteiger partial charge in [-0.15, -0.1) is 0 Å². The first-order chi connectivity index (χ1) is 6.65. The number of amides is 1. The lowest BCUT2D eigenvalue weighted by molar-refractivity contribution is -0.121. The van der Waals surface area contributed by atoms with Gasteiger partial charge in [-0.3, -0.25) is 4.79 Å². The first kappa shape index (κ1) is 11.0. The quantitative estimate of drug-likeness (QED) is 0.780. The summed E-state index contributed by atoms with van der Waals surface area (Å²) in [5.41, 5.74) is 11.5. The van der Waals surface area contributed by atoms with Crippen molar-refractivity contribution in [3.05, 3.63) is 34.9 Å². The summed E-state index contributed by atoms with van der Waals surface area (Å²) >= 11 is 5.94. The van der Waals surface area contributed by atoms with E-state index in [1.165, 1.54) is 0 Å². The van der Waals surface area contributed by atoms with Crippen LogP contribution in [0.4, 0.5) is 0 Å². The van der Waals surface area contributed by atoms with Crippen molar-refractivity contribution in [2.45, 2.75) is 6.42 Å². The molecule has 1 rings (SSSR count). The zero-order valence-electron chi connectivity index (χ0n) is 7.74. The molecule has 3 nitrogen and oxygen atoms in total. The average molecular weight is 213 g/mol. The van der Waals surface area contributed by atoms with E-state index in [-0.39, 0.29) is 18.4 Å². The maximum absolute atomic E-state index is 10.9. The Morgan fingerprint density at radius 1 is 1.43 bits per heavy atom. The van der Waals surface area contributed by atoms with Crippen molar-refractivity contribution in [3.63, 3.8) is 0 Å². The molecule has 0 aromatic heterocycles. The number of hydrogen-bond acceptors (Lipinski definition) is 2. The summed E-state index contributed by atoms with van der Waals surface area (Å²) in [5, 5.41) is 0.646. The molecule has 1 amide bonds. The second-order valence-electron chi connectivity index (χ2n) is 3.13. The highest BCUT2D eigenvalue weighted by Gasteiger charge is 2.14. The lowest BCUT2D eigenvalue weighted by atomic mass is 9.99. The van der Waals surface area contributed by atoms with E-state index in [1.54, 1.807) is 6.07 Å². The lowest BCUT2D eigenvalue weighted by Crippen LogP contribution is -2.31. The van der Waals surface area contributed by atoms with Crippen LogP contribution in [0.1, 0.15) is 5.56 Å². The normalized spacial score (nSPS) is 12.4. The van der Waals surface area contributed by atoms with Gasteiger partial charge in [0.25, 0.3) is 0 Å². The standard InChI is InChI=1S/C10H13ClN2O/c11-9-4-2-1-3-7(9)5-8(6-12)10(13)14/h1-4,8H,5-6,12H2,(H2,13,14)/t8-/m0/s1. The van der Waals surface area contributed by atoms with Crippen LogP contribution in [-0.4, -0.2) is 12.5 Å². The predicted molar refractivity (Wildman–Crippen MR) is 56.9 cm³/mol. The second-order valence-corrected chi connectivity index (χ2v) is 3.54. The molecule has 0 saturated heterocycles. The van der Waals surface area contributed by atoms with Crippen LogP contribution in [0.15, 0.2) is 24.3 Å². The summed E-state index contributed by atoms with van der Waals surface area (Å²) in [5.74, 6) is -0.720. The van der Waals surface area contributed by atoms with Crippen molar-refractivity contribution in [2.75, 3.05) is 6.54 Å². The lowest BCUT2D eigenvalue weighted by Gasteiger charge is -2.11. The van der Waals surface area contributed by atoms with Gasteiger partial charge in [0.05, 0.1) is 5.92 Å². The van der Waals surface area contributed by atoms with E-state index in [2.05, 4.69) is 0 Å². The molecule has 0 spiro atoms. The van der Waals surface area contributed by atoms with Crippen molar-refractivity contribution in [1.82, 2.24) is 0 Å². The van der Waals surface area contributed by atoms with Crippen LogP contribution in [0.3, 0.4) is 0 Å². The monoisotopic (exact) mass is 212 g/mol. The number of carbonyl (C=O) groups is 1. The van der Waals surface area contributed by atoms with Crippen molar-refractivity contribution >= 4 is 17.5 Å². The Balaban J connectivity index is 2.77. The van der Waals surface area contributed by atoms with Crippen LogP contribution in [-0.2, 0) is 11.2 Å². The van der Waals surface area contributed by atoms with Crippen molar-refractivity contribution in [3.8, 4) is 0 Å². The third-order valence-corrected chi connectivity index (χ3v) is 2.48. The maximum Gasteiger partial charge on any atom is 0.222 e. The van der Waals surface area contributed by atoms with Crippen molar-refractivity contribution in [2.24, 2.45) is 17.4 Å². The third kappa shape index (κ3) is 2.72. The Bertz CT molecular complexity index is 328. The number of carbonyl (C=O) groups excluding carboxylic acids is 1. The van der Waals surface area contributed by atoms with E-state index in [9.17, 15) is 4.79 Å². The average Bonchev–Trinajstić information content (AvgIpc) is 2.16. The second kappa shape index (κ2) is 4.98. The van der Waals surface area contributed by atoms with E-state index < -0.39 is 0 Å². The molecule has 0 fully saturated rings. The fourth-order valence-electron chi connectivity index (χ4n) is 1.23. The minimum Gasteiger partial charge on any atom is -0.369 e. The molecule has 76 valence electrons. The van der Waals surface area contributed by atoms with Gasteiger partial charge in [0.1, 0.15) is 0 Å². The molecule has 1 aromatic rings. The third-order valence-electron chi connectivity index (χ3n) is 2.11. The molecule has 1 aromatic carbocycles. The number of halogens is 1. The van der Waals surface area contributed by atoms with Crippen LogP contribution in [0, 0.1) is 5.92 Å². The van der Waals surface area contributed by atoms with E-state index in [0.717, 1.165) is 5.56 Å². The van der Waals surface area contributed by atoms with Crippen LogP contribution in [0.25, 0.3) is 0 Å². The fraction of sp³-hybridized carbons (Fsp3) is 0.300. The summed E-state index contributed by atoms with van der Waals surface area (Å²) in [4.78, 5) is 10.9. The fourth-order valence-corrected chi connectivity index (χ4v) is 1.44. The van der Waals surface area contributed by atoms with Gasteiger partial charge in [0.2, 0.25) is 5.91 Å². The first-order valence-corrected chi connectivity index (χ1v) is 4.75. The summed E-state index contributed by atoms with van der Waals surface area (Å²) in [6.07, 6.45) is 0.505. The Morgan fingerprint density at radius 2 is 2.07 bits per heavy atom. The van der Waals surface area contributed by atoms with Crippen LogP contribution < -0.4 is 11.5 Å². The number of nitrogens with two attached hydrogens (primary N) is 2. The van der Waals surface area contributed by atoms with E-state index >= 15 is 0 Å². The highest BCUT2D eigenvalue weighted by atomic mass is 35.5. The Kier molecular flexibility index (Phi) is 3.92. The van der Waals surface area contributed by atoms with Gasteiger partial charge in [0, 0.05) is 11.6 Å². The Hall–Kier alpha value is -1.06. The minimum atomic E-state index is -0.382. The summed E-state index contributed by atoms with van der Waals surface area (Å²) < 4.78 is 0. The van der Waals surface area contributed by atoms with Gasteiger partial charge in [-0.1, -0.05) is 29.8 Å². The molecule has 0 unspecified atom stereocenters. The van der Waals surface area contributed by atoms with Gasteiger partial charge >= 0.3 is 0 Å². The molecular weight excluding hydrogens is 200 g/mol. The first-order valence-electron chi connectivity index (χ1n) is 4.38.